The van der Waals surface area contributed by atoms with Gasteiger partial charge < -0.3 is 14.9 Å². The van der Waals surface area contributed by atoms with Crippen LogP contribution in [0.25, 0.3) is 0 Å². The van der Waals surface area contributed by atoms with E-state index in [-0.39, 0.29) is 6.10 Å². The lowest BCUT2D eigenvalue weighted by Gasteiger charge is -2.32. The van der Waals surface area contributed by atoms with Crippen LogP contribution < -0.4 is 0 Å². The second-order valence-corrected chi connectivity index (χ2v) is 6.25. The van der Waals surface area contributed by atoms with Gasteiger partial charge in [0.2, 0.25) is 0 Å². The number of nitrogens with zero attached hydrogens (tertiary/aromatic N) is 2. The van der Waals surface area contributed by atoms with Crippen LogP contribution in [0.15, 0.2) is 0 Å². The van der Waals surface area contributed by atoms with Crippen molar-refractivity contribution < 1.29 is 5.11 Å². The third kappa shape index (κ3) is 6.39. The van der Waals surface area contributed by atoms with E-state index >= 15 is 0 Å². The van der Waals surface area contributed by atoms with Gasteiger partial charge in [-0.25, -0.2) is 0 Å². The number of hydrogen-bond donors (Lipinski definition) is 1. The largest absolute Gasteiger partial charge is 0.390 e. The van der Waals surface area contributed by atoms with E-state index in [1.54, 1.807) is 0 Å². The first-order valence-corrected chi connectivity index (χ1v) is 7.06. The molecule has 1 N–H and O–H groups in total. The van der Waals surface area contributed by atoms with Crippen LogP contribution in [0.1, 0.15) is 33.6 Å². The Labute approximate surface area is 107 Å². The van der Waals surface area contributed by atoms with Gasteiger partial charge >= 0.3 is 0 Å². The third-order valence-electron chi connectivity index (χ3n) is 3.54. The first-order chi connectivity index (χ1) is 7.97. The Kier molecular flexibility index (Phi) is 6.45. The van der Waals surface area contributed by atoms with Crippen molar-refractivity contribution in [1.29, 1.82) is 0 Å². The molecule has 1 fully saturated rings. The number of hydrogen-bond acceptors (Lipinski definition) is 3. The van der Waals surface area contributed by atoms with E-state index in [2.05, 4.69) is 37.6 Å². The third-order valence-corrected chi connectivity index (χ3v) is 3.54. The SMILES string of the molecule is CC(C)CN(C)CC(O)CN1CCC(C)CC1. The first kappa shape index (κ1) is 14.9. The Balaban J connectivity index is 2.18. The maximum Gasteiger partial charge on any atom is 0.0793 e. The topological polar surface area (TPSA) is 26.7 Å². The maximum atomic E-state index is 10.1. The van der Waals surface area contributed by atoms with Crippen LogP contribution in [0, 0.1) is 11.8 Å². The fourth-order valence-corrected chi connectivity index (χ4v) is 2.66. The van der Waals surface area contributed by atoms with Gasteiger partial charge in [0.1, 0.15) is 0 Å². The monoisotopic (exact) mass is 242 g/mol. The van der Waals surface area contributed by atoms with E-state index in [1.807, 2.05) is 0 Å². The van der Waals surface area contributed by atoms with Gasteiger partial charge in [0.05, 0.1) is 6.10 Å². The zero-order valence-corrected chi connectivity index (χ0v) is 12.0. The average molecular weight is 242 g/mol. The van der Waals surface area contributed by atoms with Crippen LogP contribution in [0.5, 0.6) is 0 Å². The van der Waals surface area contributed by atoms with Gasteiger partial charge in [-0.15, -0.1) is 0 Å². The lowest BCUT2D eigenvalue weighted by atomic mass is 9.99. The fraction of sp³-hybridized carbons (Fsp3) is 1.00. The molecule has 3 nitrogen and oxygen atoms in total. The van der Waals surface area contributed by atoms with E-state index in [1.165, 1.54) is 12.8 Å². The molecule has 102 valence electrons. The molecule has 0 aromatic rings. The quantitative estimate of drug-likeness (QED) is 0.767. The van der Waals surface area contributed by atoms with Crippen LogP contribution in [0.3, 0.4) is 0 Å². The summed E-state index contributed by atoms with van der Waals surface area (Å²) in [5, 5.41) is 10.1. The molecule has 0 aliphatic carbocycles. The van der Waals surface area contributed by atoms with Gasteiger partial charge in [0.15, 0.2) is 0 Å². The van der Waals surface area contributed by atoms with Gasteiger partial charge in [-0.3, -0.25) is 0 Å². The minimum atomic E-state index is -0.202. The Hall–Kier alpha value is -0.120. The second kappa shape index (κ2) is 7.34. The molecule has 1 atom stereocenters. The van der Waals surface area contributed by atoms with Gasteiger partial charge in [0.25, 0.3) is 0 Å². The zero-order valence-electron chi connectivity index (χ0n) is 12.0. The minimum absolute atomic E-state index is 0.202. The van der Waals surface area contributed by atoms with Gasteiger partial charge in [-0.2, -0.15) is 0 Å². The molecule has 1 heterocycles. The molecule has 0 spiro atoms. The molecule has 3 heteroatoms. The van der Waals surface area contributed by atoms with Gasteiger partial charge in [-0.05, 0) is 44.8 Å². The molecule has 1 aliphatic heterocycles. The van der Waals surface area contributed by atoms with E-state index in [4.69, 9.17) is 0 Å². The molecular formula is C14H30N2O. The first-order valence-electron chi connectivity index (χ1n) is 7.06. The van der Waals surface area contributed by atoms with Crippen LogP contribution in [-0.4, -0.2) is 60.8 Å². The van der Waals surface area contributed by atoms with E-state index in [0.29, 0.717) is 5.92 Å². The summed E-state index contributed by atoms with van der Waals surface area (Å²) in [7, 11) is 2.10. The molecule has 0 radical (unpaired) electrons. The molecule has 1 saturated heterocycles. The number of likely N-dealkylation sites (N-methyl/N-ethyl adjacent to an activating group) is 1. The Morgan fingerprint density at radius 3 is 2.35 bits per heavy atom. The highest BCUT2D eigenvalue weighted by Crippen LogP contribution is 2.16. The van der Waals surface area contributed by atoms with Crippen molar-refractivity contribution in [2.24, 2.45) is 11.8 Å². The number of β-amino-alcohol motifs (C(OH)–C–C–N with tert-alkyl or cyclic N) is 1. The maximum absolute atomic E-state index is 10.1. The molecule has 0 aromatic heterocycles. The molecule has 0 saturated carbocycles. The van der Waals surface area contributed by atoms with E-state index in [0.717, 1.165) is 38.6 Å². The van der Waals surface area contributed by atoms with Crippen molar-refractivity contribution >= 4 is 0 Å². The molecule has 1 rings (SSSR count). The van der Waals surface area contributed by atoms with Crippen LogP contribution in [0.4, 0.5) is 0 Å². The molecule has 0 amide bonds. The molecule has 1 unspecified atom stereocenters. The smallest absolute Gasteiger partial charge is 0.0793 e. The van der Waals surface area contributed by atoms with Crippen molar-refractivity contribution in [3.05, 3.63) is 0 Å². The number of likely N-dealkylation sites (tertiary alicyclic amines) is 1. The van der Waals surface area contributed by atoms with Crippen LogP contribution in [-0.2, 0) is 0 Å². The Morgan fingerprint density at radius 2 is 1.82 bits per heavy atom. The van der Waals surface area contributed by atoms with E-state index < -0.39 is 0 Å². The highest BCUT2D eigenvalue weighted by molar-refractivity contribution is 4.73. The van der Waals surface area contributed by atoms with Crippen LogP contribution in [0.2, 0.25) is 0 Å². The summed E-state index contributed by atoms with van der Waals surface area (Å²) in [6.45, 7) is 11.8. The summed E-state index contributed by atoms with van der Waals surface area (Å²) in [5.41, 5.74) is 0. The highest BCUT2D eigenvalue weighted by atomic mass is 16.3. The number of rotatable bonds is 6. The molecule has 1 aliphatic rings. The Morgan fingerprint density at radius 1 is 1.24 bits per heavy atom. The fourth-order valence-electron chi connectivity index (χ4n) is 2.66. The number of aliphatic hydroxyl groups is 1. The lowest BCUT2D eigenvalue weighted by molar-refractivity contribution is 0.0654. The zero-order chi connectivity index (χ0) is 12.8. The Bertz CT molecular complexity index is 200. The summed E-state index contributed by atoms with van der Waals surface area (Å²) >= 11 is 0. The number of aliphatic hydroxyl groups excluding tert-OH is 1. The molecule has 17 heavy (non-hydrogen) atoms. The van der Waals surface area contributed by atoms with Gasteiger partial charge in [-0.1, -0.05) is 20.8 Å². The van der Waals surface area contributed by atoms with E-state index in [9.17, 15) is 5.11 Å². The molecular weight excluding hydrogens is 212 g/mol. The summed E-state index contributed by atoms with van der Waals surface area (Å²) in [5.74, 6) is 1.54. The number of piperidine rings is 1. The van der Waals surface area contributed by atoms with Crippen molar-refractivity contribution in [1.82, 2.24) is 9.80 Å². The summed E-state index contributed by atoms with van der Waals surface area (Å²) in [6, 6.07) is 0. The van der Waals surface area contributed by atoms with Gasteiger partial charge in [0, 0.05) is 19.6 Å². The highest BCUT2D eigenvalue weighted by Gasteiger charge is 2.19. The average Bonchev–Trinajstić information content (AvgIpc) is 2.19. The second-order valence-electron chi connectivity index (χ2n) is 6.25. The molecule has 0 aromatic carbocycles. The summed E-state index contributed by atoms with van der Waals surface area (Å²) in [4.78, 5) is 4.65. The van der Waals surface area contributed by atoms with Crippen molar-refractivity contribution in [2.75, 3.05) is 39.8 Å². The predicted molar refractivity (Wildman–Crippen MR) is 73.2 cm³/mol. The minimum Gasteiger partial charge on any atom is -0.390 e. The van der Waals surface area contributed by atoms with Crippen molar-refractivity contribution in [3.8, 4) is 0 Å². The van der Waals surface area contributed by atoms with Crippen molar-refractivity contribution in [2.45, 2.75) is 39.7 Å². The summed E-state index contributed by atoms with van der Waals surface area (Å²) in [6.07, 6.45) is 2.37. The van der Waals surface area contributed by atoms with Crippen LogP contribution >= 0.6 is 0 Å². The van der Waals surface area contributed by atoms with Crippen molar-refractivity contribution in [3.63, 3.8) is 0 Å². The normalized spacial score (nSPS) is 21.4. The molecule has 0 bridgehead atoms. The predicted octanol–water partition coefficient (Wildman–Crippen LogP) is 1.67. The standard InChI is InChI=1S/C14H30N2O/c1-12(2)9-15(4)10-14(17)11-16-7-5-13(3)6-8-16/h12-14,17H,5-11H2,1-4H3. The lowest BCUT2D eigenvalue weighted by Crippen LogP contribution is -2.42. The summed E-state index contributed by atoms with van der Waals surface area (Å²) < 4.78 is 0.